The maximum Gasteiger partial charge on any atom is 0.301 e. The number of phenols is 1. The standard InChI is InChI=1S/C15H14N4O5/c1-2-13(10-3-6-12(20)7-4-10)16-17-14-8-5-11(18(21)22)9-15(14)19(23)24/h3-9,17,20H,2H2,1H3/b16-13+. The third kappa shape index (κ3) is 3.83. The van der Waals surface area contributed by atoms with Crippen LogP contribution in [0, 0.1) is 20.2 Å². The molecule has 0 fully saturated rings. The van der Waals surface area contributed by atoms with E-state index in [0.29, 0.717) is 12.1 Å². The lowest BCUT2D eigenvalue weighted by atomic mass is 10.1. The summed E-state index contributed by atoms with van der Waals surface area (Å²) in [4.78, 5) is 20.4. The minimum absolute atomic E-state index is 0.0512. The minimum Gasteiger partial charge on any atom is -0.508 e. The van der Waals surface area contributed by atoms with Crippen molar-refractivity contribution in [1.82, 2.24) is 0 Å². The Labute approximate surface area is 136 Å². The van der Waals surface area contributed by atoms with E-state index in [9.17, 15) is 25.3 Å². The number of anilines is 1. The van der Waals surface area contributed by atoms with Crippen LogP contribution >= 0.6 is 0 Å². The molecule has 0 saturated carbocycles. The molecule has 0 aliphatic heterocycles. The Balaban J connectivity index is 2.33. The topological polar surface area (TPSA) is 131 Å². The first-order valence-electron chi connectivity index (χ1n) is 6.97. The maximum absolute atomic E-state index is 11.1. The third-order valence-corrected chi connectivity index (χ3v) is 3.24. The van der Waals surface area contributed by atoms with Gasteiger partial charge in [-0.3, -0.25) is 25.7 Å². The van der Waals surface area contributed by atoms with Crippen LogP contribution < -0.4 is 5.43 Å². The van der Waals surface area contributed by atoms with Crippen molar-refractivity contribution in [2.75, 3.05) is 5.43 Å². The summed E-state index contributed by atoms with van der Waals surface area (Å²) in [7, 11) is 0. The molecule has 2 rings (SSSR count). The molecule has 0 saturated heterocycles. The molecule has 0 aliphatic rings. The maximum atomic E-state index is 11.1. The van der Waals surface area contributed by atoms with E-state index in [-0.39, 0.29) is 17.1 Å². The second-order valence-corrected chi connectivity index (χ2v) is 4.79. The largest absolute Gasteiger partial charge is 0.508 e. The number of nitro benzene ring substituents is 2. The van der Waals surface area contributed by atoms with Gasteiger partial charge in [-0.05, 0) is 42.3 Å². The molecular weight excluding hydrogens is 316 g/mol. The summed E-state index contributed by atoms with van der Waals surface area (Å²) in [6.07, 6.45) is 0.540. The summed E-state index contributed by atoms with van der Waals surface area (Å²) in [5.41, 5.74) is 3.19. The van der Waals surface area contributed by atoms with Crippen molar-refractivity contribution in [2.24, 2.45) is 5.10 Å². The van der Waals surface area contributed by atoms with Crippen LogP contribution in [0.5, 0.6) is 5.75 Å². The first-order valence-corrected chi connectivity index (χ1v) is 6.97. The van der Waals surface area contributed by atoms with E-state index in [2.05, 4.69) is 10.5 Å². The summed E-state index contributed by atoms with van der Waals surface area (Å²) in [5, 5.41) is 35.3. The summed E-state index contributed by atoms with van der Waals surface area (Å²) in [6, 6.07) is 9.64. The van der Waals surface area contributed by atoms with Gasteiger partial charge in [0.15, 0.2) is 0 Å². The second-order valence-electron chi connectivity index (χ2n) is 4.79. The van der Waals surface area contributed by atoms with Gasteiger partial charge < -0.3 is 5.11 Å². The van der Waals surface area contributed by atoms with E-state index >= 15 is 0 Å². The van der Waals surface area contributed by atoms with Crippen molar-refractivity contribution in [3.8, 4) is 5.75 Å². The molecule has 0 radical (unpaired) electrons. The number of nitrogens with one attached hydrogen (secondary N) is 1. The van der Waals surface area contributed by atoms with Crippen LogP contribution in [0.3, 0.4) is 0 Å². The molecule has 24 heavy (non-hydrogen) atoms. The molecule has 0 aromatic heterocycles. The van der Waals surface area contributed by atoms with E-state index in [1.807, 2.05) is 6.92 Å². The van der Waals surface area contributed by atoms with Gasteiger partial charge in [-0.2, -0.15) is 5.10 Å². The number of benzene rings is 2. The summed E-state index contributed by atoms with van der Waals surface area (Å²) in [6.45, 7) is 1.86. The van der Waals surface area contributed by atoms with Crippen LogP contribution in [0.15, 0.2) is 47.6 Å². The minimum atomic E-state index is -0.711. The summed E-state index contributed by atoms with van der Waals surface area (Å²) < 4.78 is 0. The predicted octanol–water partition coefficient (Wildman–Crippen LogP) is 3.43. The molecule has 0 bridgehead atoms. The number of hydrogen-bond acceptors (Lipinski definition) is 7. The number of phenolic OH excluding ortho intramolecular Hbond substituents is 1. The van der Waals surface area contributed by atoms with Crippen LogP contribution in [-0.4, -0.2) is 20.7 Å². The zero-order valence-electron chi connectivity index (χ0n) is 12.7. The Bertz CT molecular complexity index is 802. The van der Waals surface area contributed by atoms with E-state index in [4.69, 9.17) is 0 Å². The van der Waals surface area contributed by atoms with Gasteiger partial charge in [0.2, 0.25) is 0 Å². The van der Waals surface area contributed by atoms with Crippen molar-refractivity contribution >= 4 is 22.8 Å². The lowest BCUT2D eigenvalue weighted by molar-refractivity contribution is -0.393. The predicted molar refractivity (Wildman–Crippen MR) is 88.3 cm³/mol. The summed E-state index contributed by atoms with van der Waals surface area (Å²) in [5.74, 6) is 0.119. The van der Waals surface area contributed by atoms with Gasteiger partial charge in [-0.25, -0.2) is 0 Å². The number of hydrazone groups is 1. The molecule has 2 aromatic carbocycles. The van der Waals surface area contributed by atoms with Gasteiger partial charge in [-0.15, -0.1) is 0 Å². The molecule has 0 heterocycles. The zero-order valence-corrected chi connectivity index (χ0v) is 12.7. The highest BCUT2D eigenvalue weighted by atomic mass is 16.6. The van der Waals surface area contributed by atoms with Gasteiger partial charge in [0.1, 0.15) is 11.4 Å². The zero-order chi connectivity index (χ0) is 17.7. The highest BCUT2D eigenvalue weighted by Gasteiger charge is 2.19. The molecule has 0 aliphatic carbocycles. The van der Waals surface area contributed by atoms with Crippen molar-refractivity contribution in [1.29, 1.82) is 0 Å². The number of nitrogens with zero attached hydrogens (tertiary/aromatic N) is 3. The number of rotatable bonds is 6. The first kappa shape index (κ1) is 16.9. The van der Waals surface area contributed by atoms with Gasteiger partial charge in [-0.1, -0.05) is 6.92 Å². The number of hydrogen-bond donors (Lipinski definition) is 2. The fourth-order valence-corrected chi connectivity index (χ4v) is 2.01. The Morgan fingerprint density at radius 1 is 1.12 bits per heavy atom. The van der Waals surface area contributed by atoms with Crippen molar-refractivity contribution in [3.63, 3.8) is 0 Å². The Morgan fingerprint density at radius 3 is 2.33 bits per heavy atom. The number of non-ortho nitro benzene ring substituents is 1. The van der Waals surface area contributed by atoms with Gasteiger partial charge in [0.05, 0.1) is 21.6 Å². The van der Waals surface area contributed by atoms with Gasteiger partial charge in [0, 0.05) is 6.07 Å². The number of nitro groups is 2. The van der Waals surface area contributed by atoms with Crippen LogP contribution in [0.25, 0.3) is 0 Å². The van der Waals surface area contributed by atoms with Gasteiger partial charge >= 0.3 is 5.69 Å². The van der Waals surface area contributed by atoms with E-state index < -0.39 is 15.5 Å². The second kappa shape index (κ2) is 7.18. The smallest absolute Gasteiger partial charge is 0.301 e. The molecule has 9 nitrogen and oxygen atoms in total. The molecule has 2 N–H and O–H groups in total. The lowest BCUT2D eigenvalue weighted by Gasteiger charge is -2.07. The summed E-state index contributed by atoms with van der Waals surface area (Å²) >= 11 is 0. The average molecular weight is 330 g/mol. The monoisotopic (exact) mass is 330 g/mol. The van der Waals surface area contributed by atoms with Crippen molar-refractivity contribution in [3.05, 3.63) is 68.3 Å². The SMILES string of the molecule is CC/C(=N\Nc1ccc([N+](=O)[O-])cc1[N+](=O)[O-])c1ccc(O)cc1. The molecule has 0 amide bonds. The van der Waals surface area contributed by atoms with Crippen LogP contribution in [0.1, 0.15) is 18.9 Å². The normalized spacial score (nSPS) is 11.1. The molecule has 0 atom stereocenters. The molecule has 0 spiro atoms. The number of aromatic hydroxyl groups is 1. The van der Waals surface area contributed by atoms with Crippen molar-refractivity contribution < 1.29 is 15.0 Å². The average Bonchev–Trinajstić information content (AvgIpc) is 2.56. The van der Waals surface area contributed by atoms with E-state index in [1.54, 1.807) is 12.1 Å². The molecular formula is C15H14N4O5. The fraction of sp³-hybridized carbons (Fsp3) is 0.133. The van der Waals surface area contributed by atoms with Crippen LogP contribution in [-0.2, 0) is 0 Å². The van der Waals surface area contributed by atoms with Gasteiger partial charge in [0.25, 0.3) is 5.69 Å². The van der Waals surface area contributed by atoms with E-state index in [0.717, 1.165) is 17.7 Å². The third-order valence-electron chi connectivity index (χ3n) is 3.24. The molecule has 2 aromatic rings. The van der Waals surface area contributed by atoms with Crippen LogP contribution in [0.2, 0.25) is 0 Å². The molecule has 9 heteroatoms. The fourth-order valence-electron chi connectivity index (χ4n) is 2.01. The Morgan fingerprint density at radius 2 is 1.79 bits per heavy atom. The Hall–Kier alpha value is -3.49. The Kier molecular flexibility index (Phi) is 5.05. The highest BCUT2D eigenvalue weighted by Crippen LogP contribution is 2.29. The molecule has 124 valence electrons. The van der Waals surface area contributed by atoms with Crippen molar-refractivity contribution in [2.45, 2.75) is 13.3 Å². The van der Waals surface area contributed by atoms with E-state index in [1.165, 1.54) is 18.2 Å². The molecule has 0 unspecified atom stereocenters. The first-order chi connectivity index (χ1) is 11.4. The van der Waals surface area contributed by atoms with Crippen LogP contribution in [0.4, 0.5) is 17.1 Å². The highest BCUT2D eigenvalue weighted by molar-refractivity contribution is 6.00. The lowest BCUT2D eigenvalue weighted by Crippen LogP contribution is -2.04. The quantitative estimate of drug-likeness (QED) is 0.474.